The predicted molar refractivity (Wildman–Crippen MR) is 105 cm³/mol. The second-order valence-corrected chi connectivity index (χ2v) is 9.41. The van der Waals surface area contributed by atoms with E-state index in [0.717, 1.165) is 19.0 Å². The first-order valence-corrected chi connectivity index (χ1v) is 11.0. The third kappa shape index (κ3) is 4.50. The molecule has 1 heterocycles. The van der Waals surface area contributed by atoms with Crippen molar-refractivity contribution < 1.29 is 8.42 Å². The van der Waals surface area contributed by atoms with Crippen LogP contribution in [0.15, 0.2) is 34.2 Å². The van der Waals surface area contributed by atoms with Crippen molar-refractivity contribution in [3.05, 3.63) is 29.3 Å². The number of guanidine groups is 1. The molecular formula is C18H27ClN4O2S. The molecule has 26 heavy (non-hydrogen) atoms. The first-order valence-electron chi connectivity index (χ1n) is 9.15. The lowest BCUT2D eigenvalue weighted by Gasteiger charge is -2.26. The third-order valence-corrected chi connectivity index (χ3v) is 7.11. The molecule has 2 N–H and O–H groups in total. The van der Waals surface area contributed by atoms with Crippen LogP contribution in [0.2, 0.25) is 5.02 Å². The summed E-state index contributed by atoms with van der Waals surface area (Å²) >= 11 is 5.87. The fraction of sp³-hybridized carbons (Fsp3) is 0.611. The third-order valence-electron chi connectivity index (χ3n) is 5.42. The van der Waals surface area contributed by atoms with Crippen LogP contribution in [0.3, 0.4) is 0 Å². The first kappa shape index (κ1) is 19.5. The Bertz CT molecular complexity index is 760. The van der Waals surface area contributed by atoms with E-state index in [2.05, 4.69) is 19.9 Å². The topological polar surface area (TPSA) is 73.8 Å². The van der Waals surface area contributed by atoms with Gasteiger partial charge in [0, 0.05) is 38.2 Å². The SMILES string of the molecule is CN=C(NCCNS(=O)(=O)c1cccc(Cl)c1)N1CCC2(CCCC2)C1. The van der Waals surface area contributed by atoms with Gasteiger partial charge in [-0.1, -0.05) is 30.5 Å². The number of hydrogen-bond acceptors (Lipinski definition) is 3. The van der Waals surface area contributed by atoms with Crippen LogP contribution >= 0.6 is 11.6 Å². The number of hydrogen-bond donors (Lipinski definition) is 2. The minimum Gasteiger partial charge on any atom is -0.355 e. The van der Waals surface area contributed by atoms with Gasteiger partial charge >= 0.3 is 0 Å². The van der Waals surface area contributed by atoms with Crippen LogP contribution in [-0.2, 0) is 10.0 Å². The fourth-order valence-corrected chi connectivity index (χ4v) is 5.39. The van der Waals surface area contributed by atoms with Gasteiger partial charge in [-0.05, 0) is 42.9 Å². The lowest BCUT2D eigenvalue weighted by molar-refractivity contribution is 0.309. The molecule has 0 atom stereocenters. The Labute approximate surface area is 161 Å². The Morgan fingerprint density at radius 1 is 1.27 bits per heavy atom. The van der Waals surface area contributed by atoms with E-state index in [1.54, 1.807) is 19.2 Å². The molecule has 1 aliphatic carbocycles. The summed E-state index contributed by atoms with van der Waals surface area (Å²) in [5.74, 6) is 0.857. The molecule has 6 nitrogen and oxygen atoms in total. The predicted octanol–water partition coefficient (Wildman–Crippen LogP) is 2.46. The van der Waals surface area contributed by atoms with E-state index in [1.807, 2.05) is 0 Å². The zero-order valence-corrected chi connectivity index (χ0v) is 16.7. The van der Waals surface area contributed by atoms with E-state index in [-0.39, 0.29) is 11.4 Å². The van der Waals surface area contributed by atoms with Crippen LogP contribution in [0, 0.1) is 5.41 Å². The van der Waals surface area contributed by atoms with Crippen LogP contribution in [0.1, 0.15) is 32.1 Å². The molecule has 0 bridgehead atoms. The van der Waals surface area contributed by atoms with Gasteiger partial charge in [-0.15, -0.1) is 0 Å². The van der Waals surface area contributed by atoms with E-state index >= 15 is 0 Å². The van der Waals surface area contributed by atoms with E-state index in [1.165, 1.54) is 44.2 Å². The number of likely N-dealkylation sites (tertiary alicyclic amines) is 1. The molecule has 0 amide bonds. The number of halogens is 1. The Balaban J connectivity index is 1.48. The van der Waals surface area contributed by atoms with Gasteiger partial charge in [0.2, 0.25) is 10.0 Å². The highest BCUT2D eigenvalue weighted by Crippen LogP contribution is 2.45. The summed E-state index contributed by atoms with van der Waals surface area (Å²) in [6.45, 7) is 2.84. The quantitative estimate of drug-likeness (QED) is 0.454. The Morgan fingerprint density at radius 2 is 2.04 bits per heavy atom. The molecule has 0 aromatic heterocycles. The van der Waals surface area contributed by atoms with Crippen LogP contribution in [0.5, 0.6) is 0 Å². The molecule has 0 unspecified atom stereocenters. The Hall–Kier alpha value is -1.31. The normalized spacial score (nSPS) is 20.1. The van der Waals surface area contributed by atoms with Crippen molar-refractivity contribution in [2.24, 2.45) is 10.4 Å². The van der Waals surface area contributed by atoms with Gasteiger partial charge in [-0.25, -0.2) is 13.1 Å². The summed E-state index contributed by atoms with van der Waals surface area (Å²) in [5.41, 5.74) is 0.478. The molecule has 1 aliphatic heterocycles. The van der Waals surface area contributed by atoms with Crippen LogP contribution in [-0.4, -0.2) is 52.5 Å². The molecule has 1 aromatic carbocycles. The number of sulfonamides is 1. The molecule has 3 rings (SSSR count). The molecule has 0 radical (unpaired) electrons. The Kier molecular flexibility index (Phi) is 6.10. The maximum atomic E-state index is 12.3. The molecule has 1 aromatic rings. The van der Waals surface area contributed by atoms with Gasteiger partial charge in [-0.2, -0.15) is 0 Å². The molecular weight excluding hydrogens is 372 g/mol. The van der Waals surface area contributed by atoms with E-state index in [0.29, 0.717) is 17.0 Å². The van der Waals surface area contributed by atoms with Crippen molar-refractivity contribution in [3.8, 4) is 0 Å². The average Bonchev–Trinajstić information content (AvgIpc) is 3.25. The molecule has 1 spiro atoms. The van der Waals surface area contributed by atoms with E-state index in [4.69, 9.17) is 11.6 Å². The zero-order valence-electron chi connectivity index (χ0n) is 15.2. The fourth-order valence-electron chi connectivity index (χ4n) is 4.06. The Morgan fingerprint density at radius 3 is 2.73 bits per heavy atom. The smallest absolute Gasteiger partial charge is 0.240 e. The summed E-state index contributed by atoms with van der Waals surface area (Å²) in [6, 6.07) is 6.26. The average molecular weight is 399 g/mol. The molecule has 2 aliphatic rings. The van der Waals surface area contributed by atoms with Crippen LogP contribution in [0.25, 0.3) is 0 Å². The van der Waals surface area contributed by atoms with Gasteiger partial charge in [0.05, 0.1) is 4.90 Å². The standard InChI is InChI=1S/C18H27ClN4O2S/c1-20-17(23-12-9-18(14-23)7-2-3-8-18)21-10-11-22-26(24,25)16-6-4-5-15(19)13-16/h4-6,13,22H,2-3,7-12,14H2,1H3,(H,20,21). The molecule has 8 heteroatoms. The van der Waals surface area contributed by atoms with Crippen molar-refractivity contribution in [2.75, 3.05) is 33.2 Å². The van der Waals surface area contributed by atoms with Gasteiger partial charge in [-0.3, -0.25) is 4.99 Å². The van der Waals surface area contributed by atoms with Crippen molar-refractivity contribution >= 4 is 27.6 Å². The monoisotopic (exact) mass is 398 g/mol. The number of nitrogens with zero attached hydrogens (tertiary/aromatic N) is 2. The van der Waals surface area contributed by atoms with Crippen molar-refractivity contribution in [1.29, 1.82) is 0 Å². The second-order valence-electron chi connectivity index (χ2n) is 7.21. The highest BCUT2D eigenvalue weighted by atomic mass is 35.5. The lowest BCUT2D eigenvalue weighted by atomic mass is 9.86. The summed E-state index contributed by atoms with van der Waals surface area (Å²) < 4.78 is 27.2. The summed E-state index contributed by atoms with van der Waals surface area (Å²) in [4.78, 5) is 6.85. The molecule has 1 saturated carbocycles. The molecule has 1 saturated heterocycles. The van der Waals surface area contributed by atoms with Crippen molar-refractivity contribution in [3.63, 3.8) is 0 Å². The highest BCUT2D eigenvalue weighted by Gasteiger charge is 2.41. The minimum absolute atomic E-state index is 0.178. The van der Waals surface area contributed by atoms with Gasteiger partial charge in [0.25, 0.3) is 0 Å². The maximum absolute atomic E-state index is 12.3. The summed E-state index contributed by atoms with van der Waals surface area (Å²) in [6.07, 6.45) is 6.55. The first-order chi connectivity index (χ1) is 12.4. The van der Waals surface area contributed by atoms with Crippen LogP contribution < -0.4 is 10.0 Å². The lowest BCUT2D eigenvalue weighted by Crippen LogP contribution is -2.43. The number of aliphatic imine (C=N–C) groups is 1. The maximum Gasteiger partial charge on any atom is 0.240 e. The largest absolute Gasteiger partial charge is 0.355 e. The molecule has 2 fully saturated rings. The number of nitrogens with one attached hydrogen (secondary N) is 2. The van der Waals surface area contributed by atoms with Gasteiger partial charge in [0.15, 0.2) is 5.96 Å². The van der Waals surface area contributed by atoms with Crippen molar-refractivity contribution in [1.82, 2.24) is 14.9 Å². The summed E-state index contributed by atoms with van der Waals surface area (Å²) in [5, 5.41) is 3.68. The number of benzene rings is 1. The number of rotatable bonds is 5. The van der Waals surface area contributed by atoms with Crippen molar-refractivity contribution in [2.45, 2.75) is 37.0 Å². The zero-order chi connectivity index (χ0) is 18.6. The van der Waals surface area contributed by atoms with E-state index < -0.39 is 10.0 Å². The van der Waals surface area contributed by atoms with E-state index in [9.17, 15) is 8.42 Å². The van der Waals surface area contributed by atoms with Crippen LogP contribution in [0.4, 0.5) is 0 Å². The molecule has 144 valence electrons. The van der Waals surface area contributed by atoms with Gasteiger partial charge < -0.3 is 10.2 Å². The van der Waals surface area contributed by atoms with Gasteiger partial charge in [0.1, 0.15) is 0 Å². The summed E-state index contributed by atoms with van der Waals surface area (Å²) in [7, 11) is -1.78. The highest BCUT2D eigenvalue weighted by molar-refractivity contribution is 7.89. The minimum atomic E-state index is -3.55. The second kappa shape index (κ2) is 8.15.